The molecule has 26 heavy (non-hydrogen) atoms. The van der Waals surface area contributed by atoms with Gasteiger partial charge in [0.05, 0.1) is 16.8 Å². The van der Waals surface area contributed by atoms with Crippen molar-refractivity contribution in [3.05, 3.63) is 0 Å². The predicted octanol–water partition coefficient (Wildman–Crippen LogP) is 2.91. The molecule has 6 atom stereocenters. The van der Waals surface area contributed by atoms with E-state index in [0.717, 1.165) is 12.8 Å². The van der Waals surface area contributed by atoms with Crippen LogP contribution in [0.5, 0.6) is 0 Å². The molecule has 0 amide bonds. The lowest BCUT2D eigenvalue weighted by Gasteiger charge is -2.64. The monoisotopic (exact) mass is 384 g/mol. The van der Waals surface area contributed by atoms with Crippen molar-refractivity contribution in [1.82, 2.24) is 0 Å². The quantitative estimate of drug-likeness (QED) is 0.754. The predicted molar refractivity (Wildman–Crippen MR) is 97.8 cm³/mol. The van der Waals surface area contributed by atoms with E-state index in [9.17, 15) is 18.3 Å². The molecule has 4 unspecified atom stereocenters. The molecule has 5 aliphatic rings. The summed E-state index contributed by atoms with van der Waals surface area (Å²) in [5.74, 6) is 0.536. The number of rotatable bonds is 4. The number of aliphatic hydroxyl groups is 1. The third-order valence-electron chi connectivity index (χ3n) is 9.15. The summed E-state index contributed by atoms with van der Waals surface area (Å²) in [6.45, 7) is 10.0. The average Bonchev–Trinajstić information content (AvgIpc) is 2.81. The van der Waals surface area contributed by atoms with Crippen LogP contribution < -0.4 is 0 Å². The lowest BCUT2D eigenvalue weighted by molar-refractivity contribution is -0.237. The van der Waals surface area contributed by atoms with Crippen molar-refractivity contribution in [2.75, 3.05) is 5.75 Å². The van der Waals surface area contributed by atoms with E-state index in [2.05, 4.69) is 13.8 Å². The lowest BCUT2D eigenvalue weighted by Crippen LogP contribution is -2.67. The molecular weight excluding hydrogens is 352 g/mol. The van der Waals surface area contributed by atoms with Crippen LogP contribution in [0.2, 0.25) is 0 Å². The van der Waals surface area contributed by atoms with Crippen molar-refractivity contribution < 1.29 is 22.5 Å². The molecule has 5 nitrogen and oxygen atoms in total. The Morgan fingerprint density at radius 3 is 2.23 bits per heavy atom. The van der Waals surface area contributed by atoms with Gasteiger partial charge in [-0.15, -0.1) is 0 Å². The highest BCUT2D eigenvalue weighted by Gasteiger charge is 2.67. The molecule has 0 aromatic carbocycles. The van der Waals surface area contributed by atoms with E-state index in [-0.39, 0.29) is 34.2 Å². The van der Waals surface area contributed by atoms with Gasteiger partial charge in [0.2, 0.25) is 0 Å². The summed E-state index contributed by atoms with van der Waals surface area (Å²) in [5, 5.41) is 11.0. The molecular formula is C20H32O5S. The summed E-state index contributed by atoms with van der Waals surface area (Å²) in [5.41, 5.74) is -2.26. The van der Waals surface area contributed by atoms with Crippen molar-refractivity contribution in [3.63, 3.8) is 0 Å². The first-order chi connectivity index (χ1) is 11.7. The van der Waals surface area contributed by atoms with E-state index in [1.165, 1.54) is 0 Å². The highest BCUT2D eigenvalue weighted by molar-refractivity contribution is 7.86. The molecule has 4 bridgehead atoms. The number of hydrogen-bond donors (Lipinski definition) is 1. The Hall–Kier alpha value is -0.460. The molecule has 6 heteroatoms. The van der Waals surface area contributed by atoms with Gasteiger partial charge in [-0.1, -0.05) is 27.7 Å². The zero-order valence-electron chi connectivity index (χ0n) is 16.5. The Morgan fingerprint density at radius 2 is 1.77 bits per heavy atom. The second-order valence-electron chi connectivity index (χ2n) is 10.7. The average molecular weight is 385 g/mol. The van der Waals surface area contributed by atoms with E-state index in [1.807, 2.05) is 13.8 Å². The molecule has 5 saturated carbocycles. The van der Waals surface area contributed by atoms with Crippen LogP contribution in [-0.4, -0.2) is 36.8 Å². The van der Waals surface area contributed by atoms with Crippen LogP contribution in [0.15, 0.2) is 0 Å². The summed E-state index contributed by atoms with van der Waals surface area (Å²) >= 11 is 0. The summed E-state index contributed by atoms with van der Waals surface area (Å²) in [6, 6.07) is 0. The van der Waals surface area contributed by atoms with Crippen molar-refractivity contribution >= 4 is 15.9 Å². The van der Waals surface area contributed by atoms with Gasteiger partial charge >= 0.3 is 0 Å². The van der Waals surface area contributed by atoms with E-state index in [4.69, 9.17) is 4.18 Å². The van der Waals surface area contributed by atoms with Crippen molar-refractivity contribution in [3.8, 4) is 0 Å². The maximum atomic E-state index is 13.0. The van der Waals surface area contributed by atoms with Crippen LogP contribution in [0.25, 0.3) is 0 Å². The molecule has 5 fully saturated rings. The van der Waals surface area contributed by atoms with Crippen molar-refractivity contribution in [1.29, 1.82) is 0 Å². The van der Waals surface area contributed by atoms with E-state index < -0.39 is 27.2 Å². The van der Waals surface area contributed by atoms with Gasteiger partial charge < -0.3 is 5.11 Å². The zero-order valence-corrected chi connectivity index (χ0v) is 17.4. The lowest BCUT2D eigenvalue weighted by atomic mass is 9.43. The highest BCUT2D eigenvalue weighted by atomic mass is 32.2. The van der Waals surface area contributed by atoms with Gasteiger partial charge in [0.1, 0.15) is 11.9 Å². The first-order valence-electron chi connectivity index (χ1n) is 9.91. The van der Waals surface area contributed by atoms with Crippen LogP contribution in [0, 0.1) is 34.0 Å². The molecule has 0 spiro atoms. The molecule has 0 aromatic heterocycles. The van der Waals surface area contributed by atoms with Gasteiger partial charge in [-0.3, -0.25) is 8.98 Å². The van der Waals surface area contributed by atoms with Gasteiger partial charge in [0.15, 0.2) is 0 Å². The molecule has 0 saturated heterocycles. The first kappa shape index (κ1) is 18.9. The number of hydrogen-bond acceptors (Lipinski definition) is 5. The highest BCUT2D eigenvalue weighted by Crippen LogP contribution is 2.65. The molecule has 1 N–H and O–H groups in total. The Labute approximate surface area is 157 Å². The summed E-state index contributed by atoms with van der Waals surface area (Å²) < 4.78 is 31.5. The molecule has 148 valence electrons. The molecule has 0 aromatic rings. The molecule has 5 aliphatic carbocycles. The zero-order chi connectivity index (χ0) is 19.3. The minimum absolute atomic E-state index is 0.0217. The van der Waals surface area contributed by atoms with Crippen LogP contribution in [-0.2, 0) is 19.1 Å². The largest absolute Gasteiger partial charge is 0.387 e. The van der Waals surface area contributed by atoms with E-state index >= 15 is 0 Å². The Kier molecular flexibility index (Phi) is 3.72. The Bertz CT molecular complexity index is 750. The summed E-state index contributed by atoms with van der Waals surface area (Å²) in [4.78, 5) is 12.6. The third kappa shape index (κ3) is 2.21. The standard InChI is InChI=1S/C20H32O5S/c1-17(2)13-8-14(17)19(5,22)16(10-13)25-26(23,24)11-20-7-6-12(9-15(20)21)18(20,3)4/h12-14,16,22H,6-11H2,1-5H3/t12?,13?,14?,16-,19+,20?/m0/s1. The number of fused-ring (bicyclic) bond motifs is 4. The number of Topliss-reactive ketones (excluding diaryl/α,β-unsaturated/α-hetero) is 1. The van der Waals surface area contributed by atoms with E-state index in [0.29, 0.717) is 25.2 Å². The summed E-state index contributed by atoms with van der Waals surface area (Å²) in [7, 11) is -3.90. The smallest absolute Gasteiger partial charge is 0.268 e. The van der Waals surface area contributed by atoms with Gasteiger partial charge in [0, 0.05) is 6.42 Å². The Morgan fingerprint density at radius 1 is 1.12 bits per heavy atom. The second-order valence-corrected chi connectivity index (χ2v) is 12.3. The normalized spacial score (nSPS) is 48.5. The summed E-state index contributed by atoms with van der Waals surface area (Å²) in [6.07, 6.45) is 2.80. The van der Waals surface area contributed by atoms with Crippen molar-refractivity contribution in [2.45, 2.75) is 78.4 Å². The second kappa shape index (κ2) is 5.12. The minimum Gasteiger partial charge on any atom is -0.387 e. The van der Waals surface area contributed by atoms with Crippen LogP contribution >= 0.6 is 0 Å². The van der Waals surface area contributed by atoms with Crippen LogP contribution in [0.1, 0.15) is 66.7 Å². The fourth-order valence-corrected chi connectivity index (χ4v) is 8.86. The van der Waals surface area contributed by atoms with Gasteiger partial charge in [-0.2, -0.15) is 8.42 Å². The first-order valence-corrected chi connectivity index (χ1v) is 11.5. The number of carbonyl (C=O) groups excluding carboxylic acids is 1. The molecule has 0 aliphatic heterocycles. The van der Waals surface area contributed by atoms with Gasteiger partial charge in [0.25, 0.3) is 10.1 Å². The fraction of sp³-hybridized carbons (Fsp3) is 0.950. The third-order valence-corrected chi connectivity index (χ3v) is 10.5. The SMILES string of the molecule is CC1(C)C2CC1[C@@](C)(O)[C@@H](OS(=O)(=O)CC13CCC(CC1=O)C3(C)C)C2. The Balaban J connectivity index is 1.55. The van der Waals surface area contributed by atoms with Crippen molar-refractivity contribution in [2.24, 2.45) is 34.0 Å². The molecule has 5 rings (SSSR count). The van der Waals surface area contributed by atoms with Crippen LogP contribution in [0.4, 0.5) is 0 Å². The molecule has 0 radical (unpaired) electrons. The molecule has 0 heterocycles. The number of ketones is 1. The van der Waals surface area contributed by atoms with Crippen LogP contribution in [0.3, 0.4) is 0 Å². The fourth-order valence-electron chi connectivity index (χ4n) is 6.89. The maximum Gasteiger partial charge on any atom is 0.268 e. The maximum absolute atomic E-state index is 13.0. The van der Waals surface area contributed by atoms with E-state index in [1.54, 1.807) is 6.92 Å². The van der Waals surface area contributed by atoms with Gasteiger partial charge in [-0.05, 0) is 61.2 Å². The topological polar surface area (TPSA) is 80.7 Å². The minimum atomic E-state index is -3.90. The van der Waals surface area contributed by atoms with Gasteiger partial charge in [-0.25, -0.2) is 0 Å². The number of carbonyl (C=O) groups is 1.